The molecule has 2 aromatic carbocycles. The fraction of sp³-hybridized carbons (Fsp3) is 0.238. The Labute approximate surface area is 174 Å². The molecule has 6 nitrogen and oxygen atoms in total. The first-order valence-electron chi connectivity index (χ1n) is 9.32. The molecule has 0 spiro atoms. The summed E-state index contributed by atoms with van der Waals surface area (Å²) in [7, 11) is -3.71. The van der Waals surface area contributed by atoms with Crippen molar-refractivity contribution < 1.29 is 13.2 Å². The maximum atomic E-state index is 12.7. The molecule has 0 fully saturated rings. The third-order valence-electron chi connectivity index (χ3n) is 4.85. The van der Waals surface area contributed by atoms with Gasteiger partial charge in [-0.15, -0.1) is 11.3 Å². The lowest BCUT2D eigenvalue weighted by atomic mass is 10.2. The summed E-state index contributed by atoms with van der Waals surface area (Å²) in [4.78, 5) is 18.4. The van der Waals surface area contributed by atoms with Gasteiger partial charge in [-0.2, -0.15) is 0 Å². The van der Waals surface area contributed by atoms with Crippen molar-refractivity contribution in [1.82, 2.24) is 4.98 Å². The molecule has 0 bridgehead atoms. The minimum atomic E-state index is -3.71. The van der Waals surface area contributed by atoms with E-state index < -0.39 is 10.0 Å². The largest absolute Gasteiger partial charge is 0.298 e. The van der Waals surface area contributed by atoms with E-state index in [9.17, 15) is 13.2 Å². The zero-order valence-corrected chi connectivity index (χ0v) is 17.8. The topological polar surface area (TPSA) is 88.2 Å². The van der Waals surface area contributed by atoms with Crippen LogP contribution in [0.15, 0.2) is 47.4 Å². The molecular formula is C21H21N3O3S2. The molecule has 4 rings (SSSR count). The number of amides is 1. The minimum absolute atomic E-state index is 0.246. The zero-order valence-electron chi connectivity index (χ0n) is 16.2. The number of hydrogen-bond donors (Lipinski definition) is 2. The van der Waals surface area contributed by atoms with Gasteiger partial charge in [0.1, 0.15) is 0 Å². The van der Waals surface area contributed by atoms with Crippen LogP contribution in [0.25, 0.3) is 0 Å². The molecule has 0 saturated carbocycles. The van der Waals surface area contributed by atoms with E-state index in [1.54, 1.807) is 43.3 Å². The van der Waals surface area contributed by atoms with E-state index in [1.165, 1.54) is 16.2 Å². The third-order valence-corrected chi connectivity index (χ3v) is 7.44. The Kier molecular flexibility index (Phi) is 5.14. The van der Waals surface area contributed by atoms with Gasteiger partial charge in [0.05, 0.1) is 10.6 Å². The lowest BCUT2D eigenvalue weighted by Crippen LogP contribution is -2.15. The number of sulfonamides is 1. The average Bonchev–Trinajstić information content (AvgIpc) is 3.25. The molecule has 150 valence electrons. The number of benzene rings is 2. The van der Waals surface area contributed by atoms with Crippen LogP contribution < -0.4 is 10.0 Å². The second kappa shape index (κ2) is 7.61. The van der Waals surface area contributed by atoms with Gasteiger partial charge >= 0.3 is 0 Å². The molecule has 1 aliphatic rings. The summed E-state index contributed by atoms with van der Waals surface area (Å²) >= 11 is 1.52. The number of carbonyl (C=O) groups excluding carboxylic acids is 1. The van der Waals surface area contributed by atoms with E-state index in [0.717, 1.165) is 30.5 Å². The molecule has 1 aromatic heterocycles. The monoisotopic (exact) mass is 427 g/mol. The molecule has 1 heterocycles. The standard InChI is InChI=1S/C21H21N3O3S2/c1-13-6-7-14(2)19(12-13)29(26,27)24-16-10-8-15(9-11-16)20(25)23-21-22-17-4-3-5-18(17)28-21/h6-12,24H,3-5H2,1-2H3,(H,22,23,25). The van der Waals surface area contributed by atoms with Gasteiger partial charge < -0.3 is 0 Å². The number of aryl methyl sites for hydroxylation is 4. The fourth-order valence-electron chi connectivity index (χ4n) is 3.31. The van der Waals surface area contributed by atoms with Crippen molar-refractivity contribution in [2.45, 2.75) is 38.0 Å². The minimum Gasteiger partial charge on any atom is -0.298 e. The van der Waals surface area contributed by atoms with Gasteiger partial charge in [0.25, 0.3) is 15.9 Å². The number of aromatic nitrogens is 1. The summed E-state index contributed by atoms with van der Waals surface area (Å²) < 4.78 is 28.0. The zero-order chi connectivity index (χ0) is 20.6. The molecule has 29 heavy (non-hydrogen) atoms. The number of thiazole rings is 1. The molecule has 0 radical (unpaired) electrons. The summed E-state index contributed by atoms with van der Waals surface area (Å²) in [6.45, 7) is 3.61. The highest BCUT2D eigenvalue weighted by Crippen LogP contribution is 2.30. The van der Waals surface area contributed by atoms with Crippen LogP contribution in [0.5, 0.6) is 0 Å². The van der Waals surface area contributed by atoms with Crippen LogP contribution in [0.1, 0.15) is 38.5 Å². The van der Waals surface area contributed by atoms with Gasteiger partial charge in [0, 0.05) is 16.1 Å². The normalized spacial score (nSPS) is 13.2. The Morgan fingerprint density at radius 2 is 1.83 bits per heavy atom. The smallest absolute Gasteiger partial charge is 0.262 e. The van der Waals surface area contributed by atoms with Crippen LogP contribution in [0, 0.1) is 13.8 Å². The predicted molar refractivity (Wildman–Crippen MR) is 115 cm³/mol. The number of fused-ring (bicyclic) bond motifs is 1. The first-order chi connectivity index (χ1) is 13.8. The Bertz CT molecular complexity index is 1160. The van der Waals surface area contributed by atoms with Crippen molar-refractivity contribution in [2.75, 3.05) is 10.0 Å². The predicted octanol–water partition coefficient (Wildman–Crippen LogP) is 4.30. The molecule has 1 aliphatic carbocycles. The quantitative estimate of drug-likeness (QED) is 0.635. The highest BCUT2D eigenvalue weighted by molar-refractivity contribution is 7.92. The number of nitrogens with one attached hydrogen (secondary N) is 2. The first-order valence-corrected chi connectivity index (χ1v) is 11.6. The van der Waals surface area contributed by atoms with Crippen LogP contribution in [0.4, 0.5) is 10.8 Å². The van der Waals surface area contributed by atoms with Gasteiger partial charge in [0.2, 0.25) is 0 Å². The summed E-state index contributed by atoms with van der Waals surface area (Å²) in [6.07, 6.45) is 3.12. The van der Waals surface area contributed by atoms with Crippen molar-refractivity contribution in [3.8, 4) is 0 Å². The first kappa shape index (κ1) is 19.6. The van der Waals surface area contributed by atoms with Crippen LogP contribution in [-0.4, -0.2) is 19.3 Å². The van der Waals surface area contributed by atoms with Crippen molar-refractivity contribution in [3.63, 3.8) is 0 Å². The number of anilines is 2. The lowest BCUT2D eigenvalue weighted by Gasteiger charge is -2.11. The van der Waals surface area contributed by atoms with Gasteiger partial charge in [-0.1, -0.05) is 12.1 Å². The van der Waals surface area contributed by atoms with E-state index in [4.69, 9.17) is 0 Å². The van der Waals surface area contributed by atoms with E-state index >= 15 is 0 Å². The molecule has 3 aromatic rings. The van der Waals surface area contributed by atoms with Crippen LogP contribution >= 0.6 is 11.3 Å². The molecular weight excluding hydrogens is 406 g/mol. The van der Waals surface area contributed by atoms with Gasteiger partial charge in [-0.05, 0) is 74.6 Å². The lowest BCUT2D eigenvalue weighted by molar-refractivity contribution is 0.102. The number of hydrogen-bond acceptors (Lipinski definition) is 5. The van der Waals surface area contributed by atoms with Gasteiger partial charge in [0.15, 0.2) is 5.13 Å². The molecule has 2 N–H and O–H groups in total. The van der Waals surface area contributed by atoms with Crippen molar-refractivity contribution >= 4 is 38.1 Å². The van der Waals surface area contributed by atoms with E-state index in [0.29, 0.717) is 21.9 Å². The van der Waals surface area contributed by atoms with Crippen LogP contribution in [0.2, 0.25) is 0 Å². The number of carbonyl (C=O) groups is 1. The highest BCUT2D eigenvalue weighted by atomic mass is 32.2. The van der Waals surface area contributed by atoms with Crippen LogP contribution in [-0.2, 0) is 22.9 Å². The van der Waals surface area contributed by atoms with Gasteiger partial charge in [-0.25, -0.2) is 13.4 Å². The summed E-state index contributed by atoms with van der Waals surface area (Å²) in [5.74, 6) is -0.263. The van der Waals surface area contributed by atoms with Crippen molar-refractivity contribution in [2.24, 2.45) is 0 Å². The number of rotatable bonds is 5. The molecule has 0 atom stereocenters. The maximum Gasteiger partial charge on any atom is 0.262 e. The van der Waals surface area contributed by atoms with Gasteiger partial charge in [-0.3, -0.25) is 14.8 Å². The highest BCUT2D eigenvalue weighted by Gasteiger charge is 2.19. The summed E-state index contributed by atoms with van der Waals surface area (Å²) in [6, 6.07) is 11.7. The Morgan fingerprint density at radius 1 is 1.07 bits per heavy atom. The Morgan fingerprint density at radius 3 is 2.55 bits per heavy atom. The number of nitrogens with zero attached hydrogens (tertiary/aromatic N) is 1. The van der Waals surface area contributed by atoms with E-state index in [-0.39, 0.29) is 10.8 Å². The molecule has 0 aliphatic heterocycles. The summed E-state index contributed by atoms with van der Waals surface area (Å²) in [5, 5.41) is 3.44. The average molecular weight is 428 g/mol. The third kappa shape index (κ3) is 4.18. The molecule has 1 amide bonds. The molecule has 0 saturated heterocycles. The van der Waals surface area contributed by atoms with Crippen molar-refractivity contribution in [3.05, 3.63) is 69.7 Å². The van der Waals surface area contributed by atoms with E-state index in [2.05, 4.69) is 15.0 Å². The molecule has 8 heteroatoms. The Hall–Kier alpha value is -2.71. The molecule has 0 unspecified atom stereocenters. The van der Waals surface area contributed by atoms with Crippen molar-refractivity contribution in [1.29, 1.82) is 0 Å². The second-order valence-corrected chi connectivity index (χ2v) is 9.88. The Balaban J connectivity index is 1.47. The SMILES string of the molecule is Cc1ccc(C)c(S(=O)(=O)Nc2ccc(C(=O)Nc3nc4c(s3)CCC4)cc2)c1. The maximum absolute atomic E-state index is 12.7. The second-order valence-electron chi connectivity index (χ2n) is 7.15. The van der Waals surface area contributed by atoms with E-state index in [1.807, 2.05) is 13.0 Å². The fourth-order valence-corrected chi connectivity index (χ4v) is 5.74. The summed E-state index contributed by atoms with van der Waals surface area (Å²) in [5.41, 5.74) is 3.47. The van der Waals surface area contributed by atoms with Crippen LogP contribution in [0.3, 0.4) is 0 Å².